The third kappa shape index (κ3) is 3.82. The molecule has 1 amide bonds. The van der Waals surface area contributed by atoms with E-state index in [0.29, 0.717) is 30.4 Å². The number of hydrogen-bond acceptors (Lipinski definition) is 3. The number of fused-ring (bicyclic) bond motifs is 1. The van der Waals surface area contributed by atoms with Gasteiger partial charge in [-0.1, -0.05) is 18.2 Å². The number of para-hydroxylation sites is 1. The van der Waals surface area contributed by atoms with Crippen molar-refractivity contribution in [3.8, 4) is 11.5 Å². The lowest BCUT2D eigenvalue weighted by Crippen LogP contribution is -2.20. The Kier molecular flexibility index (Phi) is 5.46. The fraction of sp³-hybridized carbons (Fsp3) is 0.286. The van der Waals surface area contributed by atoms with Gasteiger partial charge >= 0.3 is 0 Å². The Morgan fingerprint density at radius 1 is 1.04 bits per heavy atom. The predicted octanol–water partition coefficient (Wildman–Crippen LogP) is 4.39. The highest BCUT2D eigenvalue weighted by molar-refractivity contribution is 5.94. The number of carbonyl (C=O) groups excluding carboxylic acids is 1. The van der Waals surface area contributed by atoms with E-state index in [1.807, 2.05) is 55.7 Å². The second kappa shape index (κ2) is 7.95. The first-order valence-electron chi connectivity index (χ1n) is 8.86. The first-order chi connectivity index (χ1) is 12.6. The van der Waals surface area contributed by atoms with Gasteiger partial charge in [0.15, 0.2) is 0 Å². The Hall–Kier alpha value is -2.95. The van der Waals surface area contributed by atoms with Gasteiger partial charge in [-0.2, -0.15) is 0 Å². The molecular formula is C21H24N2O3. The maximum atomic E-state index is 12.7. The van der Waals surface area contributed by atoms with Crippen molar-refractivity contribution in [2.75, 3.05) is 18.5 Å². The number of rotatable bonds is 7. The van der Waals surface area contributed by atoms with E-state index in [4.69, 9.17) is 9.47 Å². The molecule has 3 rings (SSSR count). The Labute approximate surface area is 153 Å². The maximum absolute atomic E-state index is 12.7. The molecule has 2 aromatic carbocycles. The number of nitrogens with zero attached hydrogens (tertiary/aromatic N) is 1. The second-order valence-electron chi connectivity index (χ2n) is 6.00. The molecule has 0 aliphatic rings. The topological polar surface area (TPSA) is 52.5 Å². The monoisotopic (exact) mass is 352 g/mol. The maximum Gasteiger partial charge on any atom is 0.244 e. The Morgan fingerprint density at radius 2 is 1.81 bits per heavy atom. The smallest absolute Gasteiger partial charge is 0.244 e. The van der Waals surface area contributed by atoms with Crippen molar-refractivity contribution in [1.29, 1.82) is 0 Å². The molecule has 0 unspecified atom stereocenters. The summed E-state index contributed by atoms with van der Waals surface area (Å²) < 4.78 is 13.2. The molecule has 0 atom stereocenters. The lowest BCUT2D eigenvalue weighted by atomic mass is 10.2. The number of carbonyl (C=O) groups is 1. The number of hydrogen-bond donors (Lipinski definition) is 1. The normalized spacial score (nSPS) is 10.7. The molecule has 0 saturated carbocycles. The van der Waals surface area contributed by atoms with Crippen LogP contribution in [0.4, 0.5) is 5.69 Å². The summed E-state index contributed by atoms with van der Waals surface area (Å²) in [5.41, 5.74) is 2.72. The molecule has 0 aliphatic heterocycles. The third-order valence-corrected chi connectivity index (χ3v) is 4.16. The van der Waals surface area contributed by atoms with E-state index in [0.717, 1.165) is 16.6 Å². The highest BCUT2D eigenvalue weighted by Crippen LogP contribution is 2.29. The molecule has 26 heavy (non-hydrogen) atoms. The standard InChI is InChI=1S/C21H24N2O3/c1-4-25-17-10-11-20(26-5-2)18(13-17)22-21(24)14-23-15(3)12-16-8-6-7-9-19(16)23/h6-13H,4-5,14H2,1-3H3,(H,22,24). The van der Waals surface area contributed by atoms with Crippen LogP contribution in [-0.2, 0) is 11.3 Å². The zero-order valence-electron chi connectivity index (χ0n) is 15.4. The Bertz CT molecular complexity index is 915. The summed E-state index contributed by atoms with van der Waals surface area (Å²) in [5.74, 6) is 1.23. The average molecular weight is 352 g/mol. The van der Waals surface area contributed by atoms with E-state index in [9.17, 15) is 4.79 Å². The van der Waals surface area contributed by atoms with Crippen molar-refractivity contribution in [3.63, 3.8) is 0 Å². The van der Waals surface area contributed by atoms with Crippen LogP contribution in [0.3, 0.4) is 0 Å². The minimum Gasteiger partial charge on any atom is -0.494 e. The number of anilines is 1. The van der Waals surface area contributed by atoms with Crippen LogP contribution in [0.1, 0.15) is 19.5 Å². The van der Waals surface area contributed by atoms with Crippen molar-refractivity contribution in [3.05, 3.63) is 54.2 Å². The number of ether oxygens (including phenoxy) is 2. The molecule has 1 aromatic heterocycles. The quantitative estimate of drug-likeness (QED) is 0.686. The lowest BCUT2D eigenvalue weighted by Gasteiger charge is -2.14. The molecule has 0 aliphatic carbocycles. The highest BCUT2D eigenvalue weighted by atomic mass is 16.5. The van der Waals surface area contributed by atoms with Gasteiger partial charge in [0.25, 0.3) is 0 Å². The predicted molar refractivity (Wildman–Crippen MR) is 104 cm³/mol. The minimum atomic E-state index is -0.107. The van der Waals surface area contributed by atoms with E-state index in [-0.39, 0.29) is 12.5 Å². The van der Waals surface area contributed by atoms with Crippen LogP contribution >= 0.6 is 0 Å². The molecule has 1 N–H and O–H groups in total. The molecule has 3 aromatic rings. The number of benzene rings is 2. The molecule has 5 heteroatoms. The second-order valence-corrected chi connectivity index (χ2v) is 6.00. The highest BCUT2D eigenvalue weighted by Gasteiger charge is 2.13. The molecule has 1 heterocycles. The van der Waals surface area contributed by atoms with E-state index < -0.39 is 0 Å². The molecule has 136 valence electrons. The fourth-order valence-corrected chi connectivity index (χ4v) is 3.04. The SMILES string of the molecule is CCOc1ccc(OCC)c(NC(=O)Cn2c(C)cc3ccccc32)c1. The summed E-state index contributed by atoms with van der Waals surface area (Å²) in [6, 6.07) is 15.6. The van der Waals surface area contributed by atoms with Gasteiger partial charge in [-0.05, 0) is 50.4 Å². The van der Waals surface area contributed by atoms with Gasteiger partial charge in [0, 0.05) is 17.3 Å². The van der Waals surface area contributed by atoms with Crippen LogP contribution in [0, 0.1) is 6.92 Å². The summed E-state index contributed by atoms with van der Waals surface area (Å²) >= 11 is 0. The average Bonchev–Trinajstić information content (AvgIpc) is 2.93. The van der Waals surface area contributed by atoms with E-state index in [1.54, 1.807) is 6.07 Å². The zero-order valence-corrected chi connectivity index (χ0v) is 15.4. The first kappa shape index (κ1) is 17.9. The molecule has 0 bridgehead atoms. The summed E-state index contributed by atoms with van der Waals surface area (Å²) in [5, 5.41) is 4.09. The van der Waals surface area contributed by atoms with Gasteiger partial charge in [-0.25, -0.2) is 0 Å². The van der Waals surface area contributed by atoms with Crippen LogP contribution in [0.25, 0.3) is 10.9 Å². The first-order valence-corrected chi connectivity index (χ1v) is 8.86. The van der Waals surface area contributed by atoms with Crippen LogP contribution in [-0.4, -0.2) is 23.7 Å². The summed E-state index contributed by atoms with van der Waals surface area (Å²) in [7, 11) is 0. The summed E-state index contributed by atoms with van der Waals surface area (Å²) in [4.78, 5) is 12.7. The van der Waals surface area contributed by atoms with Crippen molar-refractivity contribution >= 4 is 22.5 Å². The molecule has 0 saturated heterocycles. The summed E-state index contributed by atoms with van der Waals surface area (Å²) in [6.07, 6.45) is 0. The van der Waals surface area contributed by atoms with Crippen LogP contribution in [0.5, 0.6) is 11.5 Å². The lowest BCUT2D eigenvalue weighted by molar-refractivity contribution is -0.116. The van der Waals surface area contributed by atoms with Gasteiger partial charge in [-0.15, -0.1) is 0 Å². The van der Waals surface area contributed by atoms with Gasteiger partial charge in [0.1, 0.15) is 18.0 Å². The van der Waals surface area contributed by atoms with E-state index >= 15 is 0 Å². The number of aryl methyl sites for hydroxylation is 1. The van der Waals surface area contributed by atoms with Crippen molar-refractivity contribution < 1.29 is 14.3 Å². The molecule has 0 spiro atoms. The van der Waals surface area contributed by atoms with Gasteiger partial charge in [0.2, 0.25) is 5.91 Å². The largest absolute Gasteiger partial charge is 0.494 e. The van der Waals surface area contributed by atoms with Crippen LogP contribution in [0.15, 0.2) is 48.5 Å². The van der Waals surface area contributed by atoms with Crippen LogP contribution in [0.2, 0.25) is 0 Å². The van der Waals surface area contributed by atoms with Gasteiger partial charge in [0.05, 0.1) is 18.9 Å². The van der Waals surface area contributed by atoms with E-state index in [1.165, 1.54) is 0 Å². The van der Waals surface area contributed by atoms with Crippen molar-refractivity contribution in [2.45, 2.75) is 27.3 Å². The number of nitrogens with one attached hydrogen (secondary N) is 1. The Morgan fingerprint density at radius 3 is 2.58 bits per heavy atom. The fourth-order valence-electron chi connectivity index (χ4n) is 3.04. The van der Waals surface area contributed by atoms with E-state index in [2.05, 4.69) is 17.4 Å². The molecule has 0 radical (unpaired) electrons. The zero-order chi connectivity index (χ0) is 18.5. The van der Waals surface area contributed by atoms with Crippen LogP contribution < -0.4 is 14.8 Å². The van der Waals surface area contributed by atoms with Gasteiger partial charge in [-0.3, -0.25) is 4.79 Å². The molecular weight excluding hydrogens is 328 g/mol. The summed E-state index contributed by atoms with van der Waals surface area (Å²) in [6.45, 7) is 7.18. The number of amides is 1. The third-order valence-electron chi connectivity index (χ3n) is 4.16. The number of aromatic nitrogens is 1. The van der Waals surface area contributed by atoms with Crippen molar-refractivity contribution in [1.82, 2.24) is 4.57 Å². The van der Waals surface area contributed by atoms with Crippen molar-refractivity contribution in [2.24, 2.45) is 0 Å². The Balaban J connectivity index is 1.82. The minimum absolute atomic E-state index is 0.107. The molecule has 5 nitrogen and oxygen atoms in total. The molecule has 0 fully saturated rings. The van der Waals surface area contributed by atoms with Gasteiger partial charge < -0.3 is 19.4 Å².